The lowest BCUT2D eigenvalue weighted by atomic mass is 10.1. The van der Waals surface area contributed by atoms with Crippen LogP contribution >= 0.6 is 27.3 Å². The molecule has 0 radical (unpaired) electrons. The molecule has 0 saturated carbocycles. The van der Waals surface area contributed by atoms with Gasteiger partial charge in [0.1, 0.15) is 0 Å². The minimum Gasteiger partial charge on any atom is -0.144 e. The Morgan fingerprint density at radius 2 is 2.23 bits per heavy atom. The third-order valence-corrected chi connectivity index (χ3v) is 2.95. The van der Waals surface area contributed by atoms with Gasteiger partial charge in [0.05, 0.1) is 5.33 Å². The van der Waals surface area contributed by atoms with Gasteiger partial charge in [-0.05, 0) is 23.6 Å². The van der Waals surface area contributed by atoms with Crippen molar-refractivity contribution < 1.29 is 0 Å². The van der Waals surface area contributed by atoms with E-state index < -0.39 is 0 Å². The molecule has 0 nitrogen and oxygen atoms in total. The Kier molecular flexibility index (Phi) is 2.68. The highest BCUT2D eigenvalue weighted by molar-refractivity contribution is 9.09. The lowest BCUT2D eigenvalue weighted by molar-refractivity contribution is 1.76. The molecule has 1 aromatic heterocycles. The second kappa shape index (κ2) is 3.95. The van der Waals surface area contributed by atoms with Crippen molar-refractivity contribution in [1.29, 1.82) is 0 Å². The van der Waals surface area contributed by atoms with Crippen LogP contribution in [0.5, 0.6) is 0 Å². The van der Waals surface area contributed by atoms with Gasteiger partial charge in [-0.2, -0.15) is 0 Å². The van der Waals surface area contributed by atoms with Gasteiger partial charge in [0.15, 0.2) is 0 Å². The minimum absolute atomic E-state index is 0.730. The lowest BCUT2D eigenvalue weighted by Gasteiger charge is -1.92. The average Bonchev–Trinajstić information content (AvgIpc) is 2.62. The molecule has 0 bridgehead atoms. The normalized spacial score (nSPS) is 9.62. The molecule has 0 aliphatic rings. The van der Waals surface area contributed by atoms with Crippen molar-refractivity contribution in [3.8, 4) is 11.8 Å². The van der Waals surface area contributed by atoms with Gasteiger partial charge >= 0.3 is 0 Å². The van der Waals surface area contributed by atoms with E-state index in [0.717, 1.165) is 10.9 Å². The van der Waals surface area contributed by atoms with E-state index in [1.54, 1.807) is 11.3 Å². The summed E-state index contributed by atoms with van der Waals surface area (Å²) in [6.07, 6.45) is 0. The molecule has 0 unspecified atom stereocenters. The highest BCUT2D eigenvalue weighted by Gasteiger charge is 1.97. The van der Waals surface area contributed by atoms with Gasteiger partial charge in [0.2, 0.25) is 0 Å². The topological polar surface area (TPSA) is 0 Å². The Morgan fingerprint density at radius 3 is 3.08 bits per heavy atom. The molecule has 64 valence electrons. The number of hydrogen-bond donors (Lipinski definition) is 0. The summed E-state index contributed by atoms with van der Waals surface area (Å²) in [5, 5.41) is 4.10. The first-order chi connectivity index (χ1) is 6.42. The van der Waals surface area contributed by atoms with E-state index >= 15 is 0 Å². The van der Waals surface area contributed by atoms with Crippen LogP contribution in [-0.4, -0.2) is 5.33 Å². The molecule has 2 rings (SSSR count). The Hall–Kier alpha value is -0.780. The highest BCUT2D eigenvalue weighted by Crippen LogP contribution is 2.23. The molecule has 0 aliphatic carbocycles. The molecular weight excluding hydrogens is 244 g/mol. The molecule has 0 N–H and O–H groups in total. The Morgan fingerprint density at radius 1 is 1.31 bits per heavy atom. The van der Waals surface area contributed by atoms with Gasteiger partial charge in [-0.15, -0.1) is 11.3 Å². The van der Waals surface area contributed by atoms with E-state index in [-0.39, 0.29) is 0 Å². The summed E-state index contributed by atoms with van der Waals surface area (Å²) in [7, 11) is 0. The second-order valence-corrected chi connectivity index (χ2v) is 4.08. The van der Waals surface area contributed by atoms with Gasteiger partial charge < -0.3 is 0 Å². The van der Waals surface area contributed by atoms with E-state index in [9.17, 15) is 0 Å². The van der Waals surface area contributed by atoms with Crippen LogP contribution in [0, 0.1) is 11.8 Å². The maximum Gasteiger partial charge on any atom is 0.0649 e. The second-order valence-electron chi connectivity index (χ2n) is 2.57. The summed E-state index contributed by atoms with van der Waals surface area (Å²) < 4.78 is 1.31. The maximum absolute atomic E-state index is 3.29. The monoisotopic (exact) mass is 250 g/mol. The molecule has 0 fully saturated rings. The molecule has 0 saturated heterocycles. The molecule has 1 heterocycles. The number of thiophene rings is 1. The van der Waals surface area contributed by atoms with Crippen molar-refractivity contribution in [2.24, 2.45) is 0 Å². The van der Waals surface area contributed by atoms with E-state index in [2.05, 4.69) is 57.4 Å². The van der Waals surface area contributed by atoms with Crippen molar-refractivity contribution >= 4 is 37.4 Å². The predicted octanol–water partition coefficient (Wildman–Crippen LogP) is 3.65. The van der Waals surface area contributed by atoms with Crippen LogP contribution < -0.4 is 0 Å². The summed E-state index contributed by atoms with van der Waals surface area (Å²) in [5.41, 5.74) is 1.12. The van der Waals surface area contributed by atoms with Crippen molar-refractivity contribution in [2.45, 2.75) is 0 Å². The zero-order chi connectivity index (χ0) is 9.10. The molecule has 2 heteroatoms. The van der Waals surface area contributed by atoms with Crippen LogP contribution in [0.2, 0.25) is 0 Å². The summed E-state index contributed by atoms with van der Waals surface area (Å²) in [4.78, 5) is 0. The third-order valence-electron chi connectivity index (χ3n) is 1.79. The maximum atomic E-state index is 3.29. The zero-order valence-electron chi connectivity index (χ0n) is 6.88. The third kappa shape index (κ3) is 1.77. The fourth-order valence-electron chi connectivity index (χ4n) is 1.23. The van der Waals surface area contributed by atoms with Crippen LogP contribution in [0.1, 0.15) is 5.56 Å². The minimum atomic E-state index is 0.730. The number of benzene rings is 1. The molecule has 0 amide bonds. The fraction of sp³-hybridized carbons (Fsp3) is 0.0909. The first kappa shape index (κ1) is 8.80. The van der Waals surface area contributed by atoms with Crippen LogP contribution in [-0.2, 0) is 0 Å². The molecular formula is C11H7BrS. The molecule has 0 spiro atoms. The van der Waals surface area contributed by atoms with Gasteiger partial charge in [-0.1, -0.05) is 33.8 Å². The van der Waals surface area contributed by atoms with Crippen molar-refractivity contribution in [3.63, 3.8) is 0 Å². The number of rotatable bonds is 0. The molecule has 0 aliphatic heterocycles. The number of halogens is 1. The number of hydrogen-bond acceptors (Lipinski definition) is 1. The average molecular weight is 251 g/mol. The predicted molar refractivity (Wildman–Crippen MR) is 62.5 cm³/mol. The molecule has 0 atom stereocenters. The fourth-order valence-corrected chi connectivity index (χ4v) is 2.18. The first-order valence-electron chi connectivity index (χ1n) is 3.93. The van der Waals surface area contributed by atoms with E-state index in [1.165, 1.54) is 10.1 Å². The number of fused-ring (bicyclic) bond motifs is 1. The van der Waals surface area contributed by atoms with Crippen LogP contribution in [0.4, 0.5) is 0 Å². The summed E-state index contributed by atoms with van der Waals surface area (Å²) in [6.45, 7) is 0. The Balaban J connectivity index is 2.61. The highest BCUT2D eigenvalue weighted by atomic mass is 79.9. The summed E-state index contributed by atoms with van der Waals surface area (Å²) in [6, 6.07) is 8.36. The Labute approximate surface area is 89.7 Å². The summed E-state index contributed by atoms with van der Waals surface area (Å²) in [5.74, 6) is 6.15. The van der Waals surface area contributed by atoms with Crippen LogP contribution in [0.15, 0.2) is 29.6 Å². The lowest BCUT2D eigenvalue weighted by Crippen LogP contribution is -1.74. The van der Waals surface area contributed by atoms with Gasteiger partial charge in [-0.3, -0.25) is 0 Å². The SMILES string of the molecule is BrCC#Cc1cccc2sccc12. The van der Waals surface area contributed by atoms with E-state index in [4.69, 9.17) is 0 Å². The quantitative estimate of drug-likeness (QED) is 0.495. The van der Waals surface area contributed by atoms with E-state index in [0.29, 0.717) is 0 Å². The van der Waals surface area contributed by atoms with Gasteiger partial charge in [0.25, 0.3) is 0 Å². The zero-order valence-corrected chi connectivity index (χ0v) is 9.28. The van der Waals surface area contributed by atoms with Gasteiger partial charge in [-0.25, -0.2) is 0 Å². The summed E-state index contributed by atoms with van der Waals surface area (Å²) >= 11 is 5.05. The molecule has 13 heavy (non-hydrogen) atoms. The van der Waals surface area contributed by atoms with Crippen LogP contribution in [0.3, 0.4) is 0 Å². The standard InChI is InChI=1S/C11H7BrS/c12-7-2-4-9-3-1-5-11-10(9)6-8-13-11/h1,3,5-6,8H,7H2. The van der Waals surface area contributed by atoms with Crippen LogP contribution in [0.25, 0.3) is 10.1 Å². The molecule has 2 aromatic rings. The largest absolute Gasteiger partial charge is 0.144 e. The van der Waals surface area contributed by atoms with Crippen molar-refractivity contribution in [1.82, 2.24) is 0 Å². The Bertz CT molecular complexity index is 473. The van der Waals surface area contributed by atoms with Crippen molar-refractivity contribution in [3.05, 3.63) is 35.2 Å². The first-order valence-corrected chi connectivity index (χ1v) is 5.93. The van der Waals surface area contributed by atoms with Gasteiger partial charge in [0, 0.05) is 15.6 Å². The number of alkyl halides is 1. The van der Waals surface area contributed by atoms with Crippen molar-refractivity contribution in [2.75, 3.05) is 5.33 Å². The molecule has 1 aromatic carbocycles. The smallest absolute Gasteiger partial charge is 0.0649 e. The van der Waals surface area contributed by atoms with E-state index in [1.807, 2.05) is 0 Å².